The number of thiophene rings is 1. The van der Waals surface area contributed by atoms with E-state index in [1.807, 2.05) is 0 Å². The molecule has 0 fully saturated rings. The fraction of sp³-hybridized carbons (Fsp3) is 0.154. The minimum Gasteiger partial charge on any atom is -0.326 e. The van der Waals surface area contributed by atoms with Crippen LogP contribution in [-0.4, -0.2) is 14.3 Å². The number of benzene rings is 1. The Kier molecular flexibility index (Phi) is 4.70. The fourth-order valence-electron chi connectivity index (χ4n) is 1.77. The molecule has 1 amide bonds. The molecule has 1 heterocycles. The monoisotopic (exact) mass is 388 g/mol. The van der Waals surface area contributed by atoms with Crippen LogP contribution in [0.5, 0.6) is 0 Å². The molecular weight excluding hydrogens is 376 g/mol. The second-order valence-corrected chi connectivity index (χ2v) is 8.62. The van der Waals surface area contributed by atoms with Crippen LogP contribution in [0.1, 0.15) is 11.8 Å². The van der Waals surface area contributed by atoms with Crippen LogP contribution in [0.25, 0.3) is 0 Å². The van der Waals surface area contributed by atoms with Crippen molar-refractivity contribution in [2.24, 2.45) is 0 Å². The average Bonchev–Trinajstić information content (AvgIpc) is 2.68. The van der Waals surface area contributed by atoms with Gasteiger partial charge < -0.3 is 5.32 Å². The van der Waals surface area contributed by atoms with E-state index in [-0.39, 0.29) is 10.8 Å². The third-order valence-corrected chi connectivity index (χ3v) is 5.76. The van der Waals surface area contributed by atoms with Crippen LogP contribution >= 0.6 is 27.3 Å². The Hall–Kier alpha value is -1.38. The van der Waals surface area contributed by atoms with Crippen LogP contribution in [0.15, 0.2) is 39.0 Å². The number of hydrogen-bond donors (Lipinski definition) is 2. The van der Waals surface area contributed by atoms with Crippen molar-refractivity contribution in [2.75, 3.05) is 10.0 Å². The van der Waals surface area contributed by atoms with Crippen LogP contribution in [0, 0.1) is 6.92 Å². The molecule has 0 aliphatic heterocycles. The van der Waals surface area contributed by atoms with Gasteiger partial charge >= 0.3 is 0 Å². The molecule has 0 bridgehead atoms. The summed E-state index contributed by atoms with van der Waals surface area (Å²) in [7, 11) is -3.65. The molecule has 2 rings (SSSR count). The zero-order valence-corrected chi connectivity index (χ0v) is 14.5. The highest BCUT2D eigenvalue weighted by Crippen LogP contribution is 2.31. The summed E-state index contributed by atoms with van der Waals surface area (Å²) in [6.07, 6.45) is 0. The van der Waals surface area contributed by atoms with Gasteiger partial charge in [-0.15, -0.1) is 11.3 Å². The number of amides is 1. The molecule has 1 aromatic carbocycles. The summed E-state index contributed by atoms with van der Waals surface area (Å²) in [6, 6.07) is 8.11. The molecule has 2 aromatic rings. The number of aryl methyl sites for hydroxylation is 1. The number of anilines is 2. The Morgan fingerprint density at radius 1 is 1.24 bits per heavy atom. The van der Waals surface area contributed by atoms with Crippen molar-refractivity contribution in [3.05, 3.63) is 39.0 Å². The lowest BCUT2D eigenvalue weighted by atomic mass is 10.3. The first-order chi connectivity index (χ1) is 9.78. The number of nitrogens with one attached hydrogen (secondary N) is 2. The molecule has 5 nitrogen and oxygen atoms in total. The zero-order valence-electron chi connectivity index (χ0n) is 11.3. The SMILES string of the molecule is CC(=O)Nc1cccc(NS(=O)(=O)c2cc(Br)sc2C)c1. The lowest BCUT2D eigenvalue weighted by Crippen LogP contribution is -2.13. The van der Waals surface area contributed by atoms with E-state index in [0.717, 1.165) is 3.79 Å². The van der Waals surface area contributed by atoms with Gasteiger partial charge in [0.05, 0.1) is 9.47 Å². The van der Waals surface area contributed by atoms with Crippen LogP contribution < -0.4 is 10.0 Å². The van der Waals surface area contributed by atoms with Crippen molar-refractivity contribution in [1.29, 1.82) is 0 Å². The summed E-state index contributed by atoms with van der Waals surface area (Å²) in [5.74, 6) is -0.215. The Bertz CT molecular complexity index is 784. The highest BCUT2D eigenvalue weighted by atomic mass is 79.9. The summed E-state index contributed by atoms with van der Waals surface area (Å²) in [5, 5.41) is 2.61. The molecule has 0 atom stereocenters. The van der Waals surface area contributed by atoms with Crippen molar-refractivity contribution < 1.29 is 13.2 Å². The fourth-order valence-corrected chi connectivity index (χ4v) is 5.24. The van der Waals surface area contributed by atoms with Crippen molar-refractivity contribution >= 4 is 54.6 Å². The lowest BCUT2D eigenvalue weighted by Gasteiger charge is -2.09. The lowest BCUT2D eigenvalue weighted by molar-refractivity contribution is -0.114. The number of halogens is 1. The average molecular weight is 389 g/mol. The quantitative estimate of drug-likeness (QED) is 0.840. The molecule has 0 saturated carbocycles. The van der Waals surface area contributed by atoms with Gasteiger partial charge in [0.2, 0.25) is 5.91 Å². The summed E-state index contributed by atoms with van der Waals surface area (Å²) in [5.41, 5.74) is 0.925. The molecule has 112 valence electrons. The first-order valence-corrected chi connectivity index (χ1v) is 9.03. The molecule has 1 aromatic heterocycles. The predicted octanol–water partition coefficient (Wildman–Crippen LogP) is 3.58. The second-order valence-electron chi connectivity index (χ2n) is 4.34. The van der Waals surface area contributed by atoms with Gasteiger partial charge in [-0.2, -0.15) is 0 Å². The van der Waals surface area contributed by atoms with E-state index in [9.17, 15) is 13.2 Å². The van der Waals surface area contributed by atoms with Crippen molar-refractivity contribution in [2.45, 2.75) is 18.7 Å². The topological polar surface area (TPSA) is 75.3 Å². The van der Waals surface area contributed by atoms with Gasteiger partial charge in [0.25, 0.3) is 10.0 Å². The molecule has 21 heavy (non-hydrogen) atoms. The normalized spacial score (nSPS) is 11.2. The van der Waals surface area contributed by atoms with Crippen LogP contribution in [0.4, 0.5) is 11.4 Å². The number of rotatable bonds is 4. The van der Waals surface area contributed by atoms with Crippen molar-refractivity contribution in [1.82, 2.24) is 0 Å². The molecule has 2 N–H and O–H groups in total. The summed E-state index contributed by atoms with van der Waals surface area (Å²) < 4.78 is 28.0. The van der Waals surface area contributed by atoms with Crippen molar-refractivity contribution in [3.63, 3.8) is 0 Å². The second kappa shape index (κ2) is 6.17. The van der Waals surface area contributed by atoms with E-state index in [0.29, 0.717) is 16.3 Å². The van der Waals surface area contributed by atoms with E-state index in [4.69, 9.17) is 0 Å². The molecule has 0 radical (unpaired) electrons. The van der Waals surface area contributed by atoms with E-state index in [1.54, 1.807) is 37.3 Å². The molecule has 0 saturated heterocycles. The first-order valence-electron chi connectivity index (χ1n) is 5.94. The number of sulfonamides is 1. The van der Waals surface area contributed by atoms with E-state index in [2.05, 4.69) is 26.0 Å². The standard InChI is InChI=1S/C13H13BrN2O3S2/c1-8-12(7-13(14)20-8)21(18,19)16-11-5-3-4-10(6-11)15-9(2)17/h3-7,16H,1-2H3,(H,15,17). The molecular formula is C13H13BrN2O3S2. The van der Waals surface area contributed by atoms with Crippen LogP contribution in [-0.2, 0) is 14.8 Å². The van der Waals surface area contributed by atoms with Gasteiger partial charge in [-0.05, 0) is 47.1 Å². The maximum atomic E-state index is 12.4. The Morgan fingerprint density at radius 3 is 2.48 bits per heavy atom. The number of carbonyl (C=O) groups excluding carboxylic acids is 1. The summed E-state index contributed by atoms with van der Waals surface area (Å²) >= 11 is 4.64. The van der Waals surface area contributed by atoms with Crippen LogP contribution in [0.3, 0.4) is 0 Å². The van der Waals surface area contributed by atoms with Gasteiger partial charge in [0.15, 0.2) is 0 Å². The van der Waals surface area contributed by atoms with Gasteiger partial charge in [-0.1, -0.05) is 6.07 Å². The molecule has 0 unspecified atom stereocenters. The van der Waals surface area contributed by atoms with Gasteiger partial charge in [0.1, 0.15) is 4.90 Å². The molecule has 0 aliphatic rings. The smallest absolute Gasteiger partial charge is 0.263 e. The Balaban J connectivity index is 2.28. The van der Waals surface area contributed by atoms with E-state index >= 15 is 0 Å². The molecule has 8 heteroatoms. The zero-order chi connectivity index (χ0) is 15.6. The summed E-state index contributed by atoms with van der Waals surface area (Å²) in [6.45, 7) is 3.14. The highest BCUT2D eigenvalue weighted by molar-refractivity contribution is 9.11. The van der Waals surface area contributed by atoms with Gasteiger partial charge in [-0.25, -0.2) is 8.42 Å². The maximum absolute atomic E-state index is 12.4. The largest absolute Gasteiger partial charge is 0.326 e. The predicted molar refractivity (Wildman–Crippen MR) is 88.3 cm³/mol. The highest BCUT2D eigenvalue weighted by Gasteiger charge is 2.19. The third-order valence-electron chi connectivity index (χ3n) is 2.57. The number of hydrogen-bond acceptors (Lipinski definition) is 4. The van der Waals surface area contributed by atoms with E-state index in [1.165, 1.54) is 18.3 Å². The van der Waals surface area contributed by atoms with Crippen LogP contribution in [0.2, 0.25) is 0 Å². The first kappa shape index (κ1) is 16.0. The summed E-state index contributed by atoms with van der Waals surface area (Å²) in [4.78, 5) is 12.0. The van der Waals surface area contributed by atoms with Gasteiger partial charge in [-0.3, -0.25) is 9.52 Å². The minimum atomic E-state index is -3.65. The molecule has 0 aliphatic carbocycles. The van der Waals surface area contributed by atoms with Gasteiger partial charge in [0, 0.05) is 17.5 Å². The third kappa shape index (κ3) is 4.05. The maximum Gasteiger partial charge on any atom is 0.263 e. The Morgan fingerprint density at radius 2 is 1.90 bits per heavy atom. The number of carbonyl (C=O) groups is 1. The van der Waals surface area contributed by atoms with Crippen molar-refractivity contribution in [3.8, 4) is 0 Å². The Labute approximate surface area is 135 Å². The molecule has 0 spiro atoms. The van der Waals surface area contributed by atoms with E-state index < -0.39 is 10.0 Å². The minimum absolute atomic E-state index is 0.215.